The highest BCUT2D eigenvalue weighted by Gasteiger charge is 2.13. The van der Waals surface area contributed by atoms with Crippen molar-refractivity contribution in [3.05, 3.63) is 121 Å². The number of rotatable bonds is 3. The van der Waals surface area contributed by atoms with E-state index in [4.69, 9.17) is 0 Å². The Kier molecular flexibility index (Phi) is 4.14. The van der Waals surface area contributed by atoms with Crippen LogP contribution in [0.1, 0.15) is 0 Å². The number of hydrogen-bond donors (Lipinski definition) is 0. The van der Waals surface area contributed by atoms with Gasteiger partial charge >= 0.3 is 0 Å². The molecule has 0 saturated carbocycles. The molecule has 0 spiro atoms. The normalized spacial score (nSPS) is 11.2. The first-order valence-corrected chi connectivity index (χ1v) is 10.5. The minimum absolute atomic E-state index is 0.983. The summed E-state index contributed by atoms with van der Waals surface area (Å²) in [6.45, 7) is 0. The molecule has 0 radical (unpaired) electrons. The van der Waals surface area contributed by atoms with E-state index in [0.29, 0.717) is 0 Å². The van der Waals surface area contributed by atoms with Crippen molar-refractivity contribution in [1.82, 2.24) is 9.55 Å². The van der Waals surface area contributed by atoms with Gasteiger partial charge in [-0.3, -0.25) is 4.98 Å². The number of aromatic nitrogens is 2. The lowest BCUT2D eigenvalue weighted by molar-refractivity contribution is 1.18. The number of benzene rings is 4. The van der Waals surface area contributed by atoms with Crippen molar-refractivity contribution in [3.8, 4) is 28.1 Å². The Hall–Kier alpha value is -4.17. The molecule has 6 aromatic rings. The fourth-order valence-electron chi connectivity index (χ4n) is 4.40. The van der Waals surface area contributed by atoms with E-state index >= 15 is 0 Å². The van der Waals surface area contributed by atoms with E-state index in [9.17, 15) is 0 Å². The van der Waals surface area contributed by atoms with Crippen LogP contribution in [0.15, 0.2) is 121 Å². The maximum absolute atomic E-state index is 4.53. The molecule has 2 aromatic heterocycles. The zero-order valence-corrected chi connectivity index (χ0v) is 16.9. The molecule has 4 aromatic carbocycles. The fourth-order valence-corrected chi connectivity index (χ4v) is 4.40. The molecule has 2 heterocycles. The average Bonchev–Trinajstić information content (AvgIpc) is 3.19. The van der Waals surface area contributed by atoms with Crippen LogP contribution in [-0.2, 0) is 0 Å². The van der Waals surface area contributed by atoms with E-state index in [0.717, 1.165) is 16.9 Å². The summed E-state index contributed by atoms with van der Waals surface area (Å²) in [6, 6.07) is 40.6. The van der Waals surface area contributed by atoms with Crippen LogP contribution in [0, 0.1) is 0 Å². The Morgan fingerprint density at radius 3 is 2.13 bits per heavy atom. The third kappa shape index (κ3) is 3.01. The summed E-state index contributed by atoms with van der Waals surface area (Å²) in [6.07, 6.45) is 1.84. The van der Waals surface area contributed by atoms with Gasteiger partial charge in [0.1, 0.15) is 0 Å². The lowest BCUT2D eigenvalue weighted by atomic mass is 10.0. The van der Waals surface area contributed by atoms with Gasteiger partial charge in [-0.15, -0.1) is 0 Å². The lowest BCUT2D eigenvalue weighted by Gasteiger charge is -2.10. The van der Waals surface area contributed by atoms with E-state index in [1.807, 2.05) is 18.3 Å². The van der Waals surface area contributed by atoms with Gasteiger partial charge in [-0.05, 0) is 53.6 Å². The third-order valence-corrected chi connectivity index (χ3v) is 5.84. The number of pyridine rings is 1. The second-order valence-corrected chi connectivity index (χ2v) is 7.72. The van der Waals surface area contributed by atoms with Gasteiger partial charge < -0.3 is 4.57 Å². The van der Waals surface area contributed by atoms with Crippen molar-refractivity contribution in [2.75, 3.05) is 0 Å². The minimum atomic E-state index is 0.983. The number of nitrogens with zero attached hydrogens (tertiary/aromatic N) is 2. The van der Waals surface area contributed by atoms with Gasteiger partial charge in [-0.2, -0.15) is 0 Å². The van der Waals surface area contributed by atoms with Crippen LogP contribution in [0.2, 0.25) is 0 Å². The van der Waals surface area contributed by atoms with Crippen molar-refractivity contribution in [2.45, 2.75) is 0 Å². The van der Waals surface area contributed by atoms with Crippen LogP contribution in [-0.4, -0.2) is 9.55 Å². The molecule has 0 aliphatic rings. The van der Waals surface area contributed by atoms with Gasteiger partial charge in [0.25, 0.3) is 0 Å². The molecule has 0 unspecified atom stereocenters. The third-order valence-electron chi connectivity index (χ3n) is 5.84. The van der Waals surface area contributed by atoms with Gasteiger partial charge in [0.05, 0.1) is 16.7 Å². The van der Waals surface area contributed by atoms with Gasteiger partial charge in [0.2, 0.25) is 0 Å². The summed E-state index contributed by atoms with van der Waals surface area (Å²) in [5, 5.41) is 2.53. The Labute approximate surface area is 181 Å². The Balaban J connectivity index is 1.60. The summed E-state index contributed by atoms with van der Waals surface area (Å²) in [4.78, 5) is 4.53. The van der Waals surface area contributed by atoms with Crippen LogP contribution in [0.3, 0.4) is 0 Å². The van der Waals surface area contributed by atoms with Crippen LogP contribution >= 0.6 is 0 Å². The average molecular weight is 396 g/mol. The van der Waals surface area contributed by atoms with Crippen LogP contribution in [0.4, 0.5) is 0 Å². The standard InChI is InChI=1S/C29H20N2/c1-2-9-21(10-3-1)22-16-17-29-26(20-22)25-13-4-5-15-28(25)31(29)24-12-8-11-23(19-24)27-14-6-7-18-30-27/h1-20H. The summed E-state index contributed by atoms with van der Waals surface area (Å²) in [5.41, 5.74) is 8.12. The topological polar surface area (TPSA) is 17.8 Å². The highest BCUT2D eigenvalue weighted by molar-refractivity contribution is 6.10. The first-order chi connectivity index (χ1) is 15.4. The molecule has 146 valence electrons. The van der Waals surface area contributed by atoms with E-state index in [-0.39, 0.29) is 0 Å². The molecule has 6 rings (SSSR count). The summed E-state index contributed by atoms with van der Waals surface area (Å²) in [5.74, 6) is 0. The van der Waals surface area contributed by atoms with Crippen LogP contribution < -0.4 is 0 Å². The smallest absolute Gasteiger partial charge is 0.0702 e. The van der Waals surface area contributed by atoms with Gasteiger partial charge in [-0.1, -0.05) is 72.8 Å². The maximum atomic E-state index is 4.53. The number of fused-ring (bicyclic) bond motifs is 3. The molecule has 0 aliphatic carbocycles. The Morgan fingerprint density at radius 2 is 1.26 bits per heavy atom. The molecule has 0 N–H and O–H groups in total. The fraction of sp³-hybridized carbons (Fsp3) is 0. The van der Waals surface area contributed by atoms with Gasteiger partial charge in [0, 0.05) is 28.2 Å². The molecule has 0 bridgehead atoms. The van der Waals surface area contributed by atoms with Crippen molar-refractivity contribution in [1.29, 1.82) is 0 Å². The highest BCUT2D eigenvalue weighted by Crippen LogP contribution is 2.35. The number of para-hydroxylation sites is 1. The van der Waals surface area contributed by atoms with Crippen LogP contribution in [0.5, 0.6) is 0 Å². The zero-order valence-electron chi connectivity index (χ0n) is 16.9. The monoisotopic (exact) mass is 396 g/mol. The van der Waals surface area contributed by atoms with E-state index in [1.54, 1.807) is 0 Å². The lowest BCUT2D eigenvalue weighted by Crippen LogP contribution is -1.94. The molecule has 0 aliphatic heterocycles. The molecule has 0 amide bonds. The van der Waals surface area contributed by atoms with Crippen molar-refractivity contribution >= 4 is 21.8 Å². The molecule has 0 fully saturated rings. The second kappa shape index (κ2) is 7.26. The zero-order chi connectivity index (χ0) is 20.6. The predicted molar refractivity (Wildman–Crippen MR) is 129 cm³/mol. The van der Waals surface area contributed by atoms with Crippen LogP contribution in [0.25, 0.3) is 49.9 Å². The summed E-state index contributed by atoms with van der Waals surface area (Å²) in [7, 11) is 0. The molecular formula is C29H20N2. The van der Waals surface area contributed by atoms with Crippen molar-refractivity contribution in [2.24, 2.45) is 0 Å². The minimum Gasteiger partial charge on any atom is -0.309 e. The van der Waals surface area contributed by atoms with E-state index in [2.05, 4.69) is 113 Å². The van der Waals surface area contributed by atoms with Crippen molar-refractivity contribution < 1.29 is 0 Å². The Morgan fingerprint density at radius 1 is 0.484 bits per heavy atom. The van der Waals surface area contributed by atoms with Gasteiger partial charge in [0.15, 0.2) is 0 Å². The SMILES string of the molecule is c1ccc(-c2ccc3c(c2)c2ccccc2n3-c2cccc(-c3ccccn3)c2)cc1. The second-order valence-electron chi connectivity index (χ2n) is 7.72. The van der Waals surface area contributed by atoms with Crippen molar-refractivity contribution in [3.63, 3.8) is 0 Å². The largest absolute Gasteiger partial charge is 0.309 e. The maximum Gasteiger partial charge on any atom is 0.0702 e. The molecular weight excluding hydrogens is 376 g/mol. The molecule has 0 saturated heterocycles. The molecule has 0 atom stereocenters. The summed E-state index contributed by atoms with van der Waals surface area (Å²) < 4.78 is 2.35. The molecule has 2 heteroatoms. The van der Waals surface area contributed by atoms with E-state index < -0.39 is 0 Å². The predicted octanol–water partition coefficient (Wildman–Crippen LogP) is 7.51. The number of hydrogen-bond acceptors (Lipinski definition) is 1. The molecule has 31 heavy (non-hydrogen) atoms. The Bertz CT molecular complexity index is 1510. The highest BCUT2D eigenvalue weighted by atomic mass is 15.0. The van der Waals surface area contributed by atoms with Gasteiger partial charge in [-0.25, -0.2) is 0 Å². The quantitative estimate of drug-likeness (QED) is 0.303. The first-order valence-electron chi connectivity index (χ1n) is 10.5. The van der Waals surface area contributed by atoms with E-state index in [1.165, 1.54) is 32.9 Å². The summed E-state index contributed by atoms with van der Waals surface area (Å²) >= 11 is 0. The first kappa shape index (κ1) is 17.7. The molecule has 2 nitrogen and oxygen atoms in total.